The Bertz CT molecular complexity index is 667. The van der Waals surface area contributed by atoms with Crippen LogP contribution in [-0.4, -0.2) is 28.9 Å². The minimum atomic E-state index is -1.38. The molecule has 0 unspecified atom stereocenters. The second-order valence-corrected chi connectivity index (χ2v) is 6.33. The summed E-state index contributed by atoms with van der Waals surface area (Å²) in [6.45, 7) is 0.858. The van der Waals surface area contributed by atoms with Crippen LogP contribution in [0.2, 0.25) is 5.02 Å². The molecule has 0 radical (unpaired) electrons. The molecule has 0 spiro atoms. The van der Waals surface area contributed by atoms with Gasteiger partial charge in [0.05, 0.1) is 6.42 Å². The van der Waals surface area contributed by atoms with Gasteiger partial charge in [0.25, 0.3) is 0 Å². The highest BCUT2D eigenvalue weighted by molar-refractivity contribution is 6.30. The van der Waals surface area contributed by atoms with Gasteiger partial charge >= 0.3 is 0 Å². The predicted molar refractivity (Wildman–Crippen MR) is 88.0 cm³/mol. The summed E-state index contributed by atoms with van der Waals surface area (Å²) in [5, 5.41) is 0.599. The molecule has 23 heavy (non-hydrogen) atoms. The number of alkyl halides is 1. The van der Waals surface area contributed by atoms with E-state index in [0.717, 1.165) is 5.56 Å². The van der Waals surface area contributed by atoms with E-state index in [9.17, 15) is 4.79 Å². The zero-order valence-corrected chi connectivity index (χ0v) is 13.5. The van der Waals surface area contributed by atoms with Gasteiger partial charge in [0.2, 0.25) is 5.91 Å². The molecule has 2 aromatic rings. The molecule has 0 atom stereocenters. The van der Waals surface area contributed by atoms with Crippen molar-refractivity contribution in [2.45, 2.75) is 24.9 Å². The van der Waals surface area contributed by atoms with E-state index in [1.807, 2.05) is 12.1 Å². The van der Waals surface area contributed by atoms with Gasteiger partial charge < -0.3 is 4.90 Å². The number of piperidine rings is 1. The Morgan fingerprint density at radius 3 is 2.52 bits per heavy atom. The van der Waals surface area contributed by atoms with Crippen molar-refractivity contribution in [1.29, 1.82) is 0 Å². The summed E-state index contributed by atoms with van der Waals surface area (Å²) in [6, 6.07) is 10.6. The van der Waals surface area contributed by atoms with Crippen molar-refractivity contribution in [1.82, 2.24) is 9.88 Å². The molecule has 0 aliphatic carbocycles. The van der Waals surface area contributed by atoms with Gasteiger partial charge in [-0.25, -0.2) is 4.39 Å². The number of halogens is 2. The largest absolute Gasteiger partial charge is 0.342 e. The second kappa shape index (κ2) is 6.67. The lowest BCUT2D eigenvalue weighted by Gasteiger charge is -2.36. The first kappa shape index (κ1) is 15.9. The number of rotatable bonds is 3. The van der Waals surface area contributed by atoms with Crippen LogP contribution in [0.1, 0.15) is 24.0 Å². The van der Waals surface area contributed by atoms with E-state index in [-0.39, 0.29) is 5.91 Å². The summed E-state index contributed by atoms with van der Waals surface area (Å²) < 4.78 is 15.1. The number of hydrogen-bond donors (Lipinski definition) is 0. The average molecular weight is 333 g/mol. The number of amides is 1. The van der Waals surface area contributed by atoms with Crippen molar-refractivity contribution in [2.75, 3.05) is 13.1 Å². The van der Waals surface area contributed by atoms with Crippen molar-refractivity contribution < 1.29 is 9.18 Å². The van der Waals surface area contributed by atoms with Crippen LogP contribution in [0.25, 0.3) is 0 Å². The number of benzene rings is 1. The molecule has 1 aromatic heterocycles. The zero-order chi connectivity index (χ0) is 16.3. The molecule has 3 nitrogen and oxygen atoms in total. The molecule has 0 bridgehead atoms. The highest BCUT2D eigenvalue weighted by atomic mass is 35.5. The Morgan fingerprint density at radius 2 is 1.91 bits per heavy atom. The van der Waals surface area contributed by atoms with Crippen LogP contribution < -0.4 is 0 Å². The molecule has 1 amide bonds. The van der Waals surface area contributed by atoms with Crippen molar-refractivity contribution in [3.05, 3.63) is 64.9 Å². The topological polar surface area (TPSA) is 33.2 Å². The van der Waals surface area contributed by atoms with Gasteiger partial charge in [-0.1, -0.05) is 29.8 Å². The Kier molecular flexibility index (Phi) is 4.62. The van der Waals surface area contributed by atoms with E-state index in [0.29, 0.717) is 42.9 Å². The third-order valence-corrected chi connectivity index (χ3v) is 4.60. The minimum absolute atomic E-state index is 0.0242. The smallest absolute Gasteiger partial charge is 0.227 e. The summed E-state index contributed by atoms with van der Waals surface area (Å²) in [5.74, 6) is 0.0242. The quantitative estimate of drug-likeness (QED) is 0.857. The summed E-state index contributed by atoms with van der Waals surface area (Å²) in [4.78, 5) is 18.1. The molecule has 1 aliphatic rings. The lowest BCUT2D eigenvalue weighted by molar-refractivity contribution is -0.133. The Balaban J connectivity index is 1.61. The van der Waals surface area contributed by atoms with Crippen LogP contribution in [0.4, 0.5) is 4.39 Å². The van der Waals surface area contributed by atoms with Crippen LogP contribution in [-0.2, 0) is 16.9 Å². The van der Waals surface area contributed by atoms with Gasteiger partial charge in [-0.15, -0.1) is 0 Å². The van der Waals surface area contributed by atoms with Gasteiger partial charge in [-0.3, -0.25) is 9.78 Å². The van der Waals surface area contributed by atoms with Crippen molar-refractivity contribution >= 4 is 17.5 Å². The summed E-state index contributed by atoms with van der Waals surface area (Å²) >= 11 is 5.86. The second-order valence-electron chi connectivity index (χ2n) is 5.89. The van der Waals surface area contributed by atoms with Crippen molar-refractivity contribution in [3.63, 3.8) is 0 Å². The highest BCUT2D eigenvalue weighted by Crippen LogP contribution is 2.37. The van der Waals surface area contributed by atoms with Crippen molar-refractivity contribution in [3.8, 4) is 0 Å². The molecule has 1 saturated heterocycles. The zero-order valence-electron chi connectivity index (χ0n) is 12.7. The maximum atomic E-state index is 15.1. The number of carbonyl (C=O) groups excluding carboxylic acids is 1. The summed E-state index contributed by atoms with van der Waals surface area (Å²) in [7, 11) is 0. The third kappa shape index (κ3) is 3.70. The predicted octanol–water partition coefficient (Wildman–Crippen LogP) is 3.76. The van der Waals surface area contributed by atoms with Gasteiger partial charge in [0, 0.05) is 43.3 Å². The average Bonchev–Trinajstić information content (AvgIpc) is 2.57. The van der Waals surface area contributed by atoms with Crippen LogP contribution in [0.15, 0.2) is 48.8 Å². The van der Waals surface area contributed by atoms with Crippen molar-refractivity contribution in [2.24, 2.45) is 0 Å². The third-order valence-electron chi connectivity index (χ3n) is 4.35. The number of carbonyl (C=O) groups is 1. The maximum Gasteiger partial charge on any atom is 0.227 e. The molecule has 120 valence electrons. The maximum absolute atomic E-state index is 15.1. The summed E-state index contributed by atoms with van der Waals surface area (Å²) in [5.41, 5.74) is 0.143. The van der Waals surface area contributed by atoms with E-state index >= 15 is 4.39 Å². The number of aromatic nitrogens is 1. The van der Waals surface area contributed by atoms with E-state index < -0.39 is 5.67 Å². The normalized spacial score (nSPS) is 17.0. The molecule has 0 saturated carbocycles. The minimum Gasteiger partial charge on any atom is -0.342 e. The van der Waals surface area contributed by atoms with Crippen LogP contribution in [0.3, 0.4) is 0 Å². The van der Waals surface area contributed by atoms with Crippen LogP contribution in [0, 0.1) is 0 Å². The summed E-state index contributed by atoms with van der Waals surface area (Å²) in [6.07, 6.45) is 4.31. The Hall–Kier alpha value is -1.94. The fourth-order valence-corrected chi connectivity index (χ4v) is 3.06. The number of nitrogens with zero attached hydrogens (tertiary/aromatic N) is 2. The standard InChI is InChI=1S/C18H18ClFN2O/c19-16-5-3-15(4-6-16)18(20)7-10-22(11-8-18)17(23)12-14-2-1-9-21-13-14/h1-6,9,13H,7-8,10-12H2. The lowest BCUT2D eigenvalue weighted by Crippen LogP contribution is -2.43. The monoisotopic (exact) mass is 332 g/mol. The number of hydrogen-bond acceptors (Lipinski definition) is 2. The fourth-order valence-electron chi connectivity index (χ4n) is 2.94. The first-order chi connectivity index (χ1) is 11.1. The molecule has 5 heteroatoms. The number of likely N-dealkylation sites (tertiary alicyclic amines) is 1. The van der Waals surface area contributed by atoms with E-state index in [1.165, 1.54) is 0 Å². The van der Waals surface area contributed by atoms with Gasteiger partial charge in [0.1, 0.15) is 5.67 Å². The first-order valence-electron chi connectivity index (χ1n) is 7.68. The van der Waals surface area contributed by atoms with Crippen LogP contribution >= 0.6 is 11.6 Å². The number of pyridine rings is 1. The molecule has 1 aliphatic heterocycles. The van der Waals surface area contributed by atoms with Gasteiger partial charge in [-0.2, -0.15) is 0 Å². The Morgan fingerprint density at radius 1 is 1.22 bits per heavy atom. The molecular formula is C18H18ClFN2O. The van der Waals surface area contributed by atoms with E-state index in [4.69, 9.17) is 11.6 Å². The SMILES string of the molecule is O=C(Cc1cccnc1)N1CCC(F)(c2ccc(Cl)cc2)CC1. The molecular weight excluding hydrogens is 315 g/mol. The highest BCUT2D eigenvalue weighted by Gasteiger charge is 2.37. The van der Waals surface area contributed by atoms with Crippen LogP contribution in [0.5, 0.6) is 0 Å². The molecule has 3 rings (SSSR count). The lowest BCUT2D eigenvalue weighted by atomic mass is 9.86. The fraction of sp³-hybridized carbons (Fsp3) is 0.333. The van der Waals surface area contributed by atoms with Gasteiger partial charge in [0.15, 0.2) is 0 Å². The molecule has 0 N–H and O–H groups in total. The molecule has 2 heterocycles. The van der Waals surface area contributed by atoms with Gasteiger partial charge in [-0.05, 0) is 29.3 Å². The Labute approximate surface area is 140 Å². The van der Waals surface area contributed by atoms with E-state index in [1.54, 1.807) is 41.6 Å². The van der Waals surface area contributed by atoms with E-state index in [2.05, 4.69) is 4.98 Å². The first-order valence-corrected chi connectivity index (χ1v) is 8.06. The molecule has 1 fully saturated rings. The molecule has 1 aromatic carbocycles.